The lowest BCUT2D eigenvalue weighted by Crippen LogP contribution is -2.27. The van der Waals surface area contributed by atoms with Crippen molar-refractivity contribution in [1.29, 1.82) is 0 Å². The third-order valence-electron chi connectivity index (χ3n) is 4.54. The maximum absolute atomic E-state index is 6.62. The van der Waals surface area contributed by atoms with Crippen molar-refractivity contribution in [3.05, 3.63) is 65.2 Å². The first-order valence-corrected chi connectivity index (χ1v) is 7.13. The van der Waals surface area contributed by atoms with Crippen molar-refractivity contribution in [2.24, 2.45) is 5.73 Å². The summed E-state index contributed by atoms with van der Waals surface area (Å²) >= 11 is 0. The van der Waals surface area contributed by atoms with E-state index in [1.54, 1.807) is 7.11 Å². The quantitative estimate of drug-likeness (QED) is 0.916. The van der Waals surface area contributed by atoms with E-state index in [0.29, 0.717) is 0 Å². The molecule has 0 bridgehead atoms. The van der Waals surface area contributed by atoms with Gasteiger partial charge in [-0.2, -0.15) is 0 Å². The van der Waals surface area contributed by atoms with Gasteiger partial charge in [0.25, 0.3) is 0 Å². The Morgan fingerprint density at radius 2 is 1.80 bits per heavy atom. The van der Waals surface area contributed by atoms with E-state index < -0.39 is 0 Å². The third-order valence-corrected chi connectivity index (χ3v) is 4.54. The summed E-state index contributed by atoms with van der Waals surface area (Å²) in [6, 6.07) is 16.9. The Hall–Kier alpha value is -1.80. The molecule has 0 heterocycles. The van der Waals surface area contributed by atoms with Crippen LogP contribution in [-0.4, -0.2) is 7.11 Å². The fourth-order valence-corrected chi connectivity index (χ4v) is 3.11. The Kier molecular flexibility index (Phi) is 3.27. The molecule has 0 aliphatic heterocycles. The van der Waals surface area contributed by atoms with Crippen molar-refractivity contribution in [3.63, 3.8) is 0 Å². The minimum absolute atomic E-state index is 0.0517. The number of aryl methyl sites for hydroxylation is 1. The molecule has 2 aromatic carbocycles. The molecule has 0 saturated heterocycles. The summed E-state index contributed by atoms with van der Waals surface area (Å²) in [6.07, 6.45) is 2.34. The summed E-state index contributed by atoms with van der Waals surface area (Å²) in [4.78, 5) is 0. The van der Waals surface area contributed by atoms with Gasteiger partial charge in [-0.05, 0) is 48.6 Å². The fraction of sp³-hybridized carbons (Fsp3) is 0.333. The molecule has 104 valence electrons. The summed E-state index contributed by atoms with van der Waals surface area (Å²) in [6.45, 7) is 2.11. The van der Waals surface area contributed by atoms with Crippen molar-refractivity contribution >= 4 is 0 Å². The number of rotatable bonds is 4. The van der Waals surface area contributed by atoms with Crippen molar-refractivity contribution in [2.75, 3.05) is 7.11 Å². The molecule has 3 rings (SSSR count). The number of hydrogen-bond donors (Lipinski definition) is 1. The van der Waals surface area contributed by atoms with E-state index in [9.17, 15) is 0 Å². The highest BCUT2D eigenvalue weighted by atomic mass is 16.5. The van der Waals surface area contributed by atoms with Gasteiger partial charge >= 0.3 is 0 Å². The second kappa shape index (κ2) is 4.95. The van der Waals surface area contributed by atoms with Gasteiger partial charge in [0.1, 0.15) is 5.75 Å². The lowest BCUT2D eigenvalue weighted by Gasteiger charge is -2.26. The van der Waals surface area contributed by atoms with Crippen LogP contribution in [0.25, 0.3) is 0 Å². The van der Waals surface area contributed by atoms with E-state index in [4.69, 9.17) is 10.5 Å². The molecule has 0 spiro atoms. The van der Waals surface area contributed by atoms with Crippen LogP contribution in [0.15, 0.2) is 48.5 Å². The van der Waals surface area contributed by atoms with Crippen LogP contribution in [0.2, 0.25) is 0 Å². The predicted octanol–water partition coefficient (Wildman–Crippen LogP) is 3.74. The van der Waals surface area contributed by atoms with E-state index in [1.807, 2.05) is 6.07 Å². The SMILES string of the molecule is COc1ccc(C(N)C2(c3ccccc3)CC2)c(C)c1. The fourth-order valence-electron chi connectivity index (χ4n) is 3.11. The molecular weight excluding hydrogens is 246 g/mol. The van der Waals surface area contributed by atoms with Gasteiger partial charge in [0.2, 0.25) is 0 Å². The van der Waals surface area contributed by atoms with Gasteiger partial charge in [-0.1, -0.05) is 36.4 Å². The maximum atomic E-state index is 6.62. The predicted molar refractivity (Wildman–Crippen MR) is 82.0 cm³/mol. The second-order valence-electron chi connectivity index (χ2n) is 5.72. The molecule has 2 aromatic rings. The van der Waals surface area contributed by atoms with Crippen LogP contribution in [0.1, 0.15) is 35.6 Å². The molecule has 2 heteroatoms. The molecule has 1 aliphatic carbocycles. The topological polar surface area (TPSA) is 35.2 Å². The number of methoxy groups -OCH3 is 1. The van der Waals surface area contributed by atoms with Crippen molar-refractivity contribution in [3.8, 4) is 5.75 Å². The average Bonchev–Trinajstić information content (AvgIpc) is 3.29. The molecule has 0 radical (unpaired) electrons. The van der Waals surface area contributed by atoms with Crippen LogP contribution in [0.3, 0.4) is 0 Å². The van der Waals surface area contributed by atoms with Gasteiger partial charge in [-0.15, -0.1) is 0 Å². The Labute approximate surface area is 120 Å². The Bertz CT molecular complexity index is 602. The lowest BCUT2D eigenvalue weighted by molar-refractivity contribution is 0.413. The molecule has 2 N–H and O–H groups in total. The summed E-state index contributed by atoms with van der Waals surface area (Å²) in [5.74, 6) is 0.892. The van der Waals surface area contributed by atoms with Gasteiger partial charge in [0.15, 0.2) is 0 Å². The number of ether oxygens (including phenoxy) is 1. The summed E-state index contributed by atoms with van der Waals surface area (Å²) < 4.78 is 5.27. The molecule has 1 unspecified atom stereocenters. The lowest BCUT2D eigenvalue weighted by atomic mass is 9.83. The van der Waals surface area contributed by atoms with Gasteiger partial charge in [0, 0.05) is 11.5 Å². The third kappa shape index (κ3) is 2.10. The highest BCUT2D eigenvalue weighted by Gasteiger charge is 2.49. The normalized spacial score (nSPS) is 17.6. The van der Waals surface area contributed by atoms with Gasteiger partial charge in [0.05, 0.1) is 7.11 Å². The Balaban J connectivity index is 1.95. The standard InChI is InChI=1S/C18H21NO/c1-13-12-15(20-2)8-9-16(13)17(19)18(10-11-18)14-6-4-3-5-7-14/h3-9,12,17H,10-11,19H2,1-2H3. The summed E-state index contributed by atoms with van der Waals surface area (Å²) in [5, 5.41) is 0. The van der Waals surface area contributed by atoms with E-state index in [-0.39, 0.29) is 11.5 Å². The minimum atomic E-state index is 0.0517. The van der Waals surface area contributed by atoms with Crippen LogP contribution in [0, 0.1) is 6.92 Å². The number of benzene rings is 2. The van der Waals surface area contributed by atoms with E-state index >= 15 is 0 Å². The molecule has 1 saturated carbocycles. The number of nitrogens with two attached hydrogens (primary N) is 1. The van der Waals surface area contributed by atoms with E-state index in [2.05, 4.69) is 49.4 Å². The van der Waals surface area contributed by atoms with Gasteiger partial charge in [-0.3, -0.25) is 0 Å². The van der Waals surface area contributed by atoms with Crippen LogP contribution in [-0.2, 0) is 5.41 Å². The van der Waals surface area contributed by atoms with E-state index in [1.165, 1.54) is 29.5 Å². The second-order valence-corrected chi connectivity index (χ2v) is 5.72. The average molecular weight is 267 g/mol. The smallest absolute Gasteiger partial charge is 0.119 e. The summed E-state index contributed by atoms with van der Waals surface area (Å²) in [7, 11) is 1.70. The van der Waals surface area contributed by atoms with Crippen LogP contribution < -0.4 is 10.5 Å². The zero-order valence-electron chi connectivity index (χ0n) is 12.1. The minimum Gasteiger partial charge on any atom is -0.497 e. The summed E-state index contributed by atoms with van der Waals surface area (Å²) in [5.41, 5.74) is 10.5. The van der Waals surface area contributed by atoms with Crippen molar-refractivity contribution in [2.45, 2.75) is 31.2 Å². The molecule has 1 atom stereocenters. The highest BCUT2D eigenvalue weighted by Crippen LogP contribution is 2.55. The molecule has 1 fully saturated rings. The molecule has 20 heavy (non-hydrogen) atoms. The number of hydrogen-bond acceptors (Lipinski definition) is 2. The molecule has 0 aromatic heterocycles. The first-order chi connectivity index (χ1) is 9.67. The van der Waals surface area contributed by atoms with Crippen LogP contribution >= 0.6 is 0 Å². The largest absolute Gasteiger partial charge is 0.497 e. The molecule has 0 amide bonds. The van der Waals surface area contributed by atoms with Crippen LogP contribution in [0.5, 0.6) is 5.75 Å². The zero-order chi connectivity index (χ0) is 14.2. The Morgan fingerprint density at radius 3 is 2.35 bits per heavy atom. The van der Waals surface area contributed by atoms with E-state index in [0.717, 1.165) is 5.75 Å². The van der Waals surface area contributed by atoms with Crippen molar-refractivity contribution in [1.82, 2.24) is 0 Å². The van der Waals surface area contributed by atoms with Crippen LogP contribution in [0.4, 0.5) is 0 Å². The first-order valence-electron chi connectivity index (χ1n) is 7.13. The molecular formula is C18H21NO. The molecule has 1 aliphatic rings. The van der Waals surface area contributed by atoms with Gasteiger partial charge in [-0.25, -0.2) is 0 Å². The Morgan fingerprint density at radius 1 is 1.10 bits per heavy atom. The van der Waals surface area contributed by atoms with Crippen molar-refractivity contribution < 1.29 is 4.74 Å². The maximum Gasteiger partial charge on any atom is 0.119 e. The monoisotopic (exact) mass is 267 g/mol. The zero-order valence-corrected chi connectivity index (χ0v) is 12.1. The van der Waals surface area contributed by atoms with Gasteiger partial charge < -0.3 is 10.5 Å². The highest BCUT2D eigenvalue weighted by molar-refractivity contribution is 5.43. The first kappa shape index (κ1) is 13.2. The molecule has 2 nitrogen and oxygen atoms in total.